The van der Waals surface area contributed by atoms with E-state index in [1.54, 1.807) is 91.0 Å². The van der Waals surface area contributed by atoms with Gasteiger partial charge in [-0.1, -0.05) is 168 Å². The molecule has 4 atom stereocenters. The Bertz CT molecular complexity index is 4500. The maximum Gasteiger partial charge on any atom is 0.169 e. The maximum absolute atomic E-state index is 13.3. The molecule has 101 heavy (non-hydrogen) atoms. The molecule has 0 fully saturated rings. The van der Waals surface area contributed by atoms with E-state index in [-0.39, 0.29) is 110 Å². The molecule has 8 rings (SSSR count). The first-order chi connectivity index (χ1) is 49.0. The lowest BCUT2D eigenvalue weighted by atomic mass is 9.77. The second-order valence-electron chi connectivity index (χ2n) is 25.6. The van der Waals surface area contributed by atoms with Crippen LogP contribution in [-0.4, -0.2) is 40.9 Å². The Morgan fingerprint density at radius 1 is 0.287 bits per heavy atom. The molecule has 0 saturated heterocycles. The van der Waals surface area contributed by atoms with Crippen LogP contribution in [0.25, 0.3) is 0 Å². The van der Waals surface area contributed by atoms with E-state index < -0.39 is 69.4 Å². The molecule has 0 bridgehead atoms. The molecule has 0 aliphatic rings. The van der Waals surface area contributed by atoms with Crippen molar-refractivity contribution in [3.05, 3.63) is 189 Å². The number of azo groups is 4. The van der Waals surface area contributed by atoms with E-state index >= 15 is 0 Å². The highest BCUT2D eigenvalue weighted by Crippen LogP contribution is 2.58. The molecule has 0 aromatic heterocycles. The third kappa shape index (κ3) is 19.3. The molecular weight excluding hydrogens is 1270 g/mol. The smallest absolute Gasteiger partial charge is 0.169 e. The van der Waals surface area contributed by atoms with E-state index in [9.17, 15) is 61.9 Å². The van der Waals surface area contributed by atoms with Crippen LogP contribution in [-0.2, 0) is 0 Å². The van der Waals surface area contributed by atoms with Crippen LogP contribution in [0.15, 0.2) is 168 Å². The zero-order valence-electron chi connectivity index (χ0n) is 58.0. The van der Waals surface area contributed by atoms with E-state index in [0.29, 0.717) is 48.8 Å². The Morgan fingerprint density at radius 3 is 0.861 bits per heavy atom. The minimum absolute atomic E-state index is 0.119. The van der Waals surface area contributed by atoms with Crippen LogP contribution < -0.4 is 0 Å². The van der Waals surface area contributed by atoms with Crippen LogP contribution >= 0.6 is 0 Å². The third-order valence-electron chi connectivity index (χ3n) is 18.4. The molecule has 0 heterocycles. The lowest BCUT2D eigenvalue weighted by molar-refractivity contribution is 0.424. The topological polar surface area (TPSA) is 356 Å². The van der Waals surface area contributed by atoms with Gasteiger partial charge in [0.25, 0.3) is 0 Å². The van der Waals surface area contributed by atoms with Crippen molar-refractivity contribution >= 4 is 45.5 Å². The molecule has 0 spiro atoms. The summed E-state index contributed by atoms with van der Waals surface area (Å²) in [6.45, 7) is 10.3. The van der Waals surface area contributed by atoms with Gasteiger partial charge in [-0.25, -0.2) is 0 Å². The summed E-state index contributed by atoms with van der Waals surface area (Å²) in [4.78, 5) is 0. The van der Waals surface area contributed by atoms with Crippen molar-refractivity contribution in [1.29, 1.82) is 21.0 Å². The number of nitriles is 4. The molecule has 20 nitrogen and oxygen atoms in total. The number of rotatable bonds is 35. The highest BCUT2D eigenvalue weighted by atomic mass is 16.3. The summed E-state index contributed by atoms with van der Waals surface area (Å²) in [5.74, 6) is -7.05. The van der Waals surface area contributed by atoms with E-state index in [1.165, 1.54) is 36.4 Å². The predicted molar refractivity (Wildman–Crippen MR) is 389 cm³/mol. The summed E-state index contributed by atoms with van der Waals surface area (Å²) in [6.07, 6.45) is 14.1. The fraction of sp³-hybridized carbons (Fsp3) is 0.358. The summed E-state index contributed by atoms with van der Waals surface area (Å²) in [7, 11) is 0. The number of nitrogens with zero attached hydrogens (tertiary/aromatic N) is 12. The van der Waals surface area contributed by atoms with Gasteiger partial charge in [-0.2, -0.15) is 41.5 Å². The molecule has 8 N–H and O–H groups in total. The standard InChI is InChI=1S/C81H88N12O8/c1-6-10-14-18-26-51(5)64-44-65(77(97)72(76(64)96)91-87-57-32-23-28-53(41-57)48-83)61(36-20-16-12-8-3)68-46-69(81(101)74(80(68)100)93-89-59-34-25-30-55(43-59)50-85)62(37-21-17-13-9-4)67-45-66(78(98)73(79(67)99)92-88-58-33-24-29-54(42-58)49-84)60(35-19-15-11-7-2)63-38-39-70(94)71(75(63)95)90-86-56-31-22-27-52(40-56)47-82/h22-25,27-34,38-46,51,60-62,94-101H,6-21,26,35-37H2,1-5H3. The van der Waals surface area contributed by atoms with Crippen molar-refractivity contribution in [1.82, 2.24) is 0 Å². The quantitative estimate of drug-likeness (QED) is 0.0136. The Morgan fingerprint density at radius 2 is 0.554 bits per heavy atom. The Hall–Kier alpha value is -11.5. The van der Waals surface area contributed by atoms with Crippen LogP contribution in [0.3, 0.4) is 0 Å². The van der Waals surface area contributed by atoms with Gasteiger partial charge in [-0.05, 0) is 134 Å². The first-order valence-corrected chi connectivity index (χ1v) is 35.0. The average Bonchev–Trinajstić information content (AvgIpc) is 0.752. The average molecular weight is 1360 g/mol. The molecular formula is C81H88N12O8. The molecule has 8 aromatic carbocycles. The Labute approximate surface area is 591 Å². The van der Waals surface area contributed by atoms with Crippen molar-refractivity contribution in [3.8, 4) is 70.3 Å². The zero-order valence-corrected chi connectivity index (χ0v) is 58.0. The van der Waals surface area contributed by atoms with Crippen molar-refractivity contribution in [2.45, 2.75) is 187 Å². The second-order valence-corrected chi connectivity index (χ2v) is 25.6. The van der Waals surface area contributed by atoms with Gasteiger partial charge in [0.05, 0.1) is 69.3 Å². The van der Waals surface area contributed by atoms with E-state index in [2.05, 4.69) is 92.9 Å². The lowest BCUT2D eigenvalue weighted by Gasteiger charge is -2.28. The van der Waals surface area contributed by atoms with Crippen molar-refractivity contribution < 1.29 is 40.9 Å². The van der Waals surface area contributed by atoms with Gasteiger partial charge in [0.2, 0.25) is 0 Å². The fourth-order valence-corrected chi connectivity index (χ4v) is 12.8. The van der Waals surface area contributed by atoms with Gasteiger partial charge in [-0.15, -0.1) is 20.5 Å². The SMILES string of the molecule is CCCCCCC(C)c1cc(C(CCCCCC)c2cc(C(CCCCCC)c3cc(C(CCCCCC)c4ccc(O)c(N=Nc5cccc(C#N)c5)c4O)c(O)c(N=Nc4cccc(C#N)c4)c3O)c(O)c(N=Nc3cccc(C#N)c3)c2O)c(O)c(N=Nc2cccc(C#N)c2)c1O. The molecule has 0 amide bonds. The zero-order chi connectivity index (χ0) is 72.4. The number of hydrogen-bond acceptors (Lipinski definition) is 20. The first-order valence-electron chi connectivity index (χ1n) is 35.0. The molecule has 0 radical (unpaired) electrons. The Balaban J connectivity index is 1.48. The molecule has 0 saturated carbocycles. The first kappa shape index (κ1) is 75.3. The number of benzene rings is 8. The van der Waals surface area contributed by atoms with Crippen LogP contribution in [0, 0.1) is 45.3 Å². The van der Waals surface area contributed by atoms with Gasteiger partial charge < -0.3 is 40.9 Å². The van der Waals surface area contributed by atoms with Gasteiger partial charge in [0.1, 0.15) is 11.5 Å². The number of hydrogen-bond donors (Lipinski definition) is 8. The number of phenolic OH excluding ortho intramolecular Hbond substituents is 8. The molecule has 520 valence electrons. The third-order valence-corrected chi connectivity index (χ3v) is 18.4. The predicted octanol–water partition coefficient (Wildman–Crippen LogP) is 23.9. The van der Waals surface area contributed by atoms with Gasteiger partial charge >= 0.3 is 0 Å². The summed E-state index contributed by atoms with van der Waals surface area (Å²) in [6, 6.07) is 41.7. The van der Waals surface area contributed by atoms with Crippen LogP contribution in [0.4, 0.5) is 45.5 Å². The van der Waals surface area contributed by atoms with E-state index in [0.717, 1.165) is 77.0 Å². The molecule has 0 aliphatic carbocycles. The highest BCUT2D eigenvalue weighted by Gasteiger charge is 2.36. The van der Waals surface area contributed by atoms with Crippen molar-refractivity contribution in [2.24, 2.45) is 40.9 Å². The maximum atomic E-state index is 13.3. The Kier molecular flexibility index (Phi) is 27.9. The normalized spacial score (nSPS) is 12.8. The van der Waals surface area contributed by atoms with Gasteiger partial charge in [0.15, 0.2) is 57.2 Å². The van der Waals surface area contributed by atoms with E-state index in [4.69, 9.17) is 0 Å². The molecule has 0 aliphatic heterocycles. The summed E-state index contributed by atoms with van der Waals surface area (Å²) >= 11 is 0. The van der Waals surface area contributed by atoms with E-state index in [1.807, 2.05) is 6.92 Å². The minimum Gasteiger partial charge on any atom is -0.505 e. The monoisotopic (exact) mass is 1360 g/mol. The molecule has 20 heteroatoms. The molecule has 8 aromatic rings. The number of unbranched alkanes of at least 4 members (excludes halogenated alkanes) is 12. The minimum atomic E-state index is -1.08. The van der Waals surface area contributed by atoms with Crippen LogP contribution in [0.5, 0.6) is 46.0 Å². The lowest BCUT2D eigenvalue weighted by Crippen LogP contribution is -2.10. The number of phenols is 8. The highest BCUT2D eigenvalue weighted by molar-refractivity contribution is 5.76. The summed E-state index contributed by atoms with van der Waals surface area (Å²) < 4.78 is 0. The summed E-state index contributed by atoms with van der Waals surface area (Å²) in [5, 5.41) is 177. The number of aromatic hydroxyl groups is 8. The second kappa shape index (κ2) is 37.5. The van der Waals surface area contributed by atoms with Gasteiger partial charge in [0, 0.05) is 51.1 Å². The molecule has 4 unspecified atom stereocenters. The van der Waals surface area contributed by atoms with Crippen molar-refractivity contribution in [2.75, 3.05) is 0 Å². The van der Waals surface area contributed by atoms with Gasteiger partial charge in [-0.3, -0.25) is 0 Å². The fourth-order valence-electron chi connectivity index (χ4n) is 12.8. The largest absolute Gasteiger partial charge is 0.505 e. The van der Waals surface area contributed by atoms with Crippen molar-refractivity contribution in [3.63, 3.8) is 0 Å². The summed E-state index contributed by atoms with van der Waals surface area (Å²) in [5.41, 5.74) is 2.29. The van der Waals surface area contributed by atoms with Crippen LogP contribution in [0.2, 0.25) is 0 Å². The van der Waals surface area contributed by atoms with Crippen LogP contribution in [0.1, 0.15) is 248 Å².